The summed E-state index contributed by atoms with van der Waals surface area (Å²) in [6.45, 7) is 9.35. The minimum atomic E-state index is -0.00264. The molecule has 6 heteroatoms. The van der Waals surface area contributed by atoms with E-state index >= 15 is 0 Å². The smallest absolute Gasteiger partial charge is 0.253 e. The Morgan fingerprint density at radius 3 is 2.10 bits per heavy atom. The zero-order valence-corrected chi connectivity index (χ0v) is 18.7. The molecule has 2 aromatic carbocycles. The molecular weight excluding hydrogens is 392 g/mol. The summed E-state index contributed by atoms with van der Waals surface area (Å²) in [6, 6.07) is 13.3. The summed E-state index contributed by atoms with van der Waals surface area (Å²) in [4.78, 5) is 28.9. The lowest BCUT2D eigenvalue weighted by Crippen LogP contribution is -2.50. The fourth-order valence-electron chi connectivity index (χ4n) is 3.78. The number of nitrogens with zero attached hydrogens (tertiary/aromatic N) is 2. The van der Waals surface area contributed by atoms with Crippen molar-refractivity contribution in [1.29, 1.82) is 0 Å². The van der Waals surface area contributed by atoms with E-state index in [1.54, 1.807) is 12.1 Å². The summed E-state index contributed by atoms with van der Waals surface area (Å²) in [6.07, 6.45) is 1.13. The van der Waals surface area contributed by atoms with Crippen molar-refractivity contribution in [2.24, 2.45) is 0 Å². The summed E-state index contributed by atoms with van der Waals surface area (Å²) >= 11 is 0. The average Bonchev–Trinajstić information content (AvgIpc) is 2.78. The molecule has 6 nitrogen and oxygen atoms in total. The predicted octanol–water partition coefficient (Wildman–Crippen LogP) is 3.85. The van der Waals surface area contributed by atoms with Gasteiger partial charge in [-0.1, -0.05) is 18.2 Å². The SMILES string of the molecule is CCOc1ccc(C(=O)N2CCN(C(=O)CCCOc3c(C)cccc3C)CC2)cc1. The van der Waals surface area contributed by atoms with E-state index in [4.69, 9.17) is 9.47 Å². The number of hydrogen-bond donors (Lipinski definition) is 0. The highest BCUT2D eigenvalue weighted by atomic mass is 16.5. The Bertz CT molecular complexity index is 867. The maximum absolute atomic E-state index is 12.7. The molecule has 0 radical (unpaired) electrons. The van der Waals surface area contributed by atoms with Gasteiger partial charge in [0.05, 0.1) is 13.2 Å². The molecule has 0 unspecified atom stereocenters. The van der Waals surface area contributed by atoms with Gasteiger partial charge in [0.25, 0.3) is 5.91 Å². The zero-order valence-electron chi connectivity index (χ0n) is 18.7. The molecule has 0 aliphatic carbocycles. The molecule has 31 heavy (non-hydrogen) atoms. The van der Waals surface area contributed by atoms with Gasteiger partial charge in [-0.2, -0.15) is 0 Å². The average molecular weight is 425 g/mol. The van der Waals surface area contributed by atoms with E-state index in [1.807, 2.05) is 60.9 Å². The number of rotatable bonds is 8. The maximum atomic E-state index is 12.7. The van der Waals surface area contributed by atoms with E-state index in [9.17, 15) is 9.59 Å². The molecule has 3 rings (SSSR count). The first kappa shape index (κ1) is 22.7. The molecule has 0 saturated carbocycles. The minimum absolute atomic E-state index is 0.00264. The second kappa shape index (κ2) is 10.8. The summed E-state index contributed by atoms with van der Waals surface area (Å²) in [5.41, 5.74) is 2.87. The standard InChI is InChI=1S/C25H32N2O4/c1-4-30-22-12-10-21(11-13-22)25(29)27-16-14-26(15-17-27)23(28)9-6-18-31-24-19(2)7-5-8-20(24)3/h5,7-8,10-13H,4,6,9,14-18H2,1-3H3. The van der Waals surface area contributed by atoms with Gasteiger partial charge in [0, 0.05) is 38.2 Å². The maximum Gasteiger partial charge on any atom is 0.253 e. The fraction of sp³-hybridized carbons (Fsp3) is 0.440. The molecule has 0 aromatic heterocycles. The van der Waals surface area contributed by atoms with Crippen molar-refractivity contribution in [1.82, 2.24) is 9.80 Å². The van der Waals surface area contributed by atoms with Gasteiger partial charge >= 0.3 is 0 Å². The molecule has 1 aliphatic rings. The van der Waals surface area contributed by atoms with Gasteiger partial charge in [0.1, 0.15) is 11.5 Å². The molecule has 1 saturated heterocycles. The van der Waals surface area contributed by atoms with Crippen LogP contribution >= 0.6 is 0 Å². The number of ether oxygens (including phenoxy) is 2. The van der Waals surface area contributed by atoms with Crippen LogP contribution < -0.4 is 9.47 Å². The lowest BCUT2D eigenvalue weighted by atomic mass is 10.1. The van der Waals surface area contributed by atoms with Crippen LogP contribution in [0, 0.1) is 13.8 Å². The molecule has 2 aromatic rings. The molecule has 0 N–H and O–H groups in total. The molecule has 1 heterocycles. The third-order valence-corrected chi connectivity index (χ3v) is 5.52. The molecule has 1 aliphatic heterocycles. The Morgan fingerprint density at radius 2 is 1.48 bits per heavy atom. The van der Waals surface area contributed by atoms with Crippen molar-refractivity contribution in [3.05, 3.63) is 59.2 Å². The van der Waals surface area contributed by atoms with Crippen LogP contribution in [0.4, 0.5) is 0 Å². The van der Waals surface area contributed by atoms with Crippen LogP contribution in [0.1, 0.15) is 41.3 Å². The zero-order chi connectivity index (χ0) is 22.2. The summed E-state index contributed by atoms with van der Waals surface area (Å²) < 4.78 is 11.3. The van der Waals surface area contributed by atoms with E-state index in [-0.39, 0.29) is 11.8 Å². The highest BCUT2D eigenvalue weighted by molar-refractivity contribution is 5.94. The second-order valence-corrected chi connectivity index (χ2v) is 7.80. The first-order chi connectivity index (χ1) is 15.0. The van der Waals surface area contributed by atoms with Crippen molar-refractivity contribution < 1.29 is 19.1 Å². The number of aryl methyl sites for hydroxylation is 2. The van der Waals surface area contributed by atoms with Gasteiger partial charge in [-0.15, -0.1) is 0 Å². The third-order valence-electron chi connectivity index (χ3n) is 5.52. The molecule has 2 amide bonds. The third kappa shape index (κ3) is 6.00. The van der Waals surface area contributed by atoms with Crippen LogP contribution in [0.25, 0.3) is 0 Å². The molecule has 0 bridgehead atoms. The molecule has 1 fully saturated rings. The second-order valence-electron chi connectivity index (χ2n) is 7.80. The quantitative estimate of drug-likeness (QED) is 0.604. The van der Waals surface area contributed by atoms with E-state index in [0.29, 0.717) is 57.8 Å². The Hall–Kier alpha value is -3.02. The number of para-hydroxylation sites is 1. The van der Waals surface area contributed by atoms with Gasteiger partial charge in [-0.25, -0.2) is 0 Å². The number of benzene rings is 2. The lowest BCUT2D eigenvalue weighted by Gasteiger charge is -2.35. The summed E-state index contributed by atoms with van der Waals surface area (Å²) in [5, 5.41) is 0. The van der Waals surface area contributed by atoms with E-state index in [2.05, 4.69) is 0 Å². The normalized spacial score (nSPS) is 13.8. The summed E-state index contributed by atoms with van der Waals surface area (Å²) in [5.74, 6) is 1.79. The minimum Gasteiger partial charge on any atom is -0.494 e. The monoisotopic (exact) mass is 424 g/mol. The van der Waals surface area contributed by atoms with Gasteiger partial charge in [-0.05, 0) is 62.6 Å². The number of amides is 2. The number of hydrogen-bond acceptors (Lipinski definition) is 4. The highest BCUT2D eigenvalue weighted by Gasteiger charge is 2.24. The van der Waals surface area contributed by atoms with Crippen LogP contribution in [0.15, 0.2) is 42.5 Å². The van der Waals surface area contributed by atoms with Gasteiger partial charge in [0.15, 0.2) is 0 Å². The first-order valence-corrected chi connectivity index (χ1v) is 11.0. The van der Waals surface area contributed by atoms with Gasteiger partial charge < -0.3 is 19.3 Å². The van der Waals surface area contributed by atoms with Crippen LogP contribution in [0.3, 0.4) is 0 Å². The van der Waals surface area contributed by atoms with Crippen molar-refractivity contribution in [2.75, 3.05) is 39.4 Å². The first-order valence-electron chi connectivity index (χ1n) is 11.0. The molecule has 166 valence electrons. The Balaban J connectivity index is 1.40. The van der Waals surface area contributed by atoms with Crippen LogP contribution in [0.2, 0.25) is 0 Å². The van der Waals surface area contributed by atoms with Crippen molar-refractivity contribution in [2.45, 2.75) is 33.6 Å². The number of carbonyl (C=O) groups excluding carboxylic acids is 2. The highest BCUT2D eigenvalue weighted by Crippen LogP contribution is 2.22. The van der Waals surface area contributed by atoms with Crippen molar-refractivity contribution >= 4 is 11.8 Å². The van der Waals surface area contributed by atoms with Crippen molar-refractivity contribution in [3.8, 4) is 11.5 Å². The topological polar surface area (TPSA) is 59.1 Å². The fourth-order valence-corrected chi connectivity index (χ4v) is 3.78. The van der Waals surface area contributed by atoms with Gasteiger partial charge in [-0.3, -0.25) is 9.59 Å². The number of piperazine rings is 1. The Morgan fingerprint density at radius 1 is 0.871 bits per heavy atom. The van der Waals surface area contributed by atoms with Crippen LogP contribution in [0.5, 0.6) is 11.5 Å². The molecule has 0 spiro atoms. The molecule has 0 atom stereocenters. The van der Waals surface area contributed by atoms with Crippen LogP contribution in [-0.4, -0.2) is 61.0 Å². The lowest BCUT2D eigenvalue weighted by molar-refractivity contribution is -0.132. The van der Waals surface area contributed by atoms with Gasteiger partial charge in [0.2, 0.25) is 5.91 Å². The molecular formula is C25H32N2O4. The largest absolute Gasteiger partial charge is 0.494 e. The van der Waals surface area contributed by atoms with Crippen molar-refractivity contribution in [3.63, 3.8) is 0 Å². The van der Waals surface area contributed by atoms with E-state index in [0.717, 1.165) is 22.6 Å². The predicted molar refractivity (Wildman–Crippen MR) is 121 cm³/mol. The number of carbonyl (C=O) groups is 2. The van der Waals surface area contributed by atoms with E-state index in [1.165, 1.54) is 0 Å². The van der Waals surface area contributed by atoms with Crippen LogP contribution in [-0.2, 0) is 4.79 Å². The Labute approximate surface area is 184 Å². The summed E-state index contributed by atoms with van der Waals surface area (Å²) in [7, 11) is 0. The Kier molecular flexibility index (Phi) is 7.93. The van der Waals surface area contributed by atoms with E-state index < -0.39 is 0 Å².